The molecule has 0 aliphatic heterocycles. The van der Waals surface area contributed by atoms with E-state index >= 15 is 0 Å². The highest BCUT2D eigenvalue weighted by Gasteiger charge is 2.35. The highest BCUT2D eigenvalue weighted by molar-refractivity contribution is 7.21. The number of alkyl halides is 3. The van der Waals surface area contributed by atoms with Gasteiger partial charge in [-0.15, -0.1) is 11.3 Å². The summed E-state index contributed by atoms with van der Waals surface area (Å²) in [4.78, 5) is 12.6. The maximum Gasteiger partial charge on any atom is 0.417 e. The van der Waals surface area contributed by atoms with Crippen molar-refractivity contribution in [1.82, 2.24) is 0 Å². The topological polar surface area (TPSA) is 17.1 Å². The Morgan fingerprint density at radius 3 is 2.19 bits per heavy atom. The van der Waals surface area contributed by atoms with Crippen molar-refractivity contribution in [2.75, 3.05) is 0 Å². The van der Waals surface area contributed by atoms with Crippen LogP contribution in [0.3, 0.4) is 0 Å². The van der Waals surface area contributed by atoms with Crippen molar-refractivity contribution in [2.45, 2.75) is 6.18 Å². The molecule has 1 heterocycles. The van der Waals surface area contributed by atoms with Crippen LogP contribution in [0.15, 0.2) is 48.5 Å². The zero-order valence-electron chi connectivity index (χ0n) is 12.7. The number of allylic oxidation sites excluding steroid dienone is 2. The molecule has 0 N–H and O–H groups in total. The van der Waals surface area contributed by atoms with Crippen LogP contribution >= 0.6 is 46.1 Å². The summed E-state index contributed by atoms with van der Waals surface area (Å²) in [5.41, 5.74) is -1.38. The number of hydrogen-bond donors (Lipinski definition) is 0. The summed E-state index contributed by atoms with van der Waals surface area (Å²) in [6.07, 6.45) is -4.18. The Hall–Kier alpha value is -1.53. The van der Waals surface area contributed by atoms with Gasteiger partial charge >= 0.3 is 6.18 Å². The van der Waals surface area contributed by atoms with Gasteiger partial charge in [-0.3, -0.25) is 4.79 Å². The van der Waals surface area contributed by atoms with Crippen molar-refractivity contribution >= 4 is 67.6 Å². The standard InChI is InChI=1S/C18H8Cl3F3OS/c19-11-1-2-16-10(5-11)6-17(26-16)15(25)8-14(18(22,23)24)9-3-12(20)7-13(21)4-9/h1-8H/b14-8-. The minimum Gasteiger partial charge on any atom is -0.288 e. The third kappa shape index (κ3) is 4.23. The summed E-state index contributed by atoms with van der Waals surface area (Å²) in [5.74, 6) is -0.759. The van der Waals surface area contributed by atoms with E-state index in [9.17, 15) is 18.0 Å². The molecule has 0 spiro atoms. The van der Waals surface area contributed by atoms with Crippen LogP contribution in [0.1, 0.15) is 15.2 Å². The van der Waals surface area contributed by atoms with Crippen LogP contribution in [-0.2, 0) is 0 Å². The average Bonchev–Trinajstić information content (AvgIpc) is 2.93. The van der Waals surface area contributed by atoms with Gasteiger partial charge in [0.05, 0.1) is 10.5 Å². The van der Waals surface area contributed by atoms with Crippen molar-refractivity contribution in [3.63, 3.8) is 0 Å². The van der Waals surface area contributed by atoms with Crippen molar-refractivity contribution in [2.24, 2.45) is 0 Å². The van der Waals surface area contributed by atoms with Crippen LogP contribution in [0.5, 0.6) is 0 Å². The van der Waals surface area contributed by atoms with Gasteiger partial charge < -0.3 is 0 Å². The van der Waals surface area contributed by atoms with E-state index in [0.29, 0.717) is 16.5 Å². The van der Waals surface area contributed by atoms with Crippen LogP contribution in [0.25, 0.3) is 15.7 Å². The Morgan fingerprint density at radius 2 is 1.58 bits per heavy atom. The van der Waals surface area contributed by atoms with Crippen molar-refractivity contribution in [3.8, 4) is 0 Å². The van der Waals surface area contributed by atoms with Gasteiger partial charge in [0.1, 0.15) is 0 Å². The van der Waals surface area contributed by atoms with E-state index < -0.39 is 17.5 Å². The summed E-state index contributed by atoms with van der Waals surface area (Å²) in [6, 6.07) is 10.1. The number of fused-ring (bicyclic) bond motifs is 1. The molecule has 26 heavy (non-hydrogen) atoms. The summed E-state index contributed by atoms with van der Waals surface area (Å²) in [6.45, 7) is 0. The first-order valence-corrected chi connectivity index (χ1v) is 9.07. The number of rotatable bonds is 3. The van der Waals surface area contributed by atoms with Gasteiger partial charge in [0.25, 0.3) is 0 Å². The minimum atomic E-state index is -4.75. The second-order valence-corrected chi connectivity index (χ2v) is 7.76. The highest BCUT2D eigenvalue weighted by atomic mass is 35.5. The molecule has 0 unspecified atom stereocenters. The monoisotopic (exact) mass is 434 g/mol. The number of halogens is 6. The predicted molar refractivity (Wildman–Crippen MR) is 102 cm³/mol. The molecule has 3 rings (SSSR count). The first kappa shape index (κ1) is 19.2. The third-order valence-corrected chi connectivity index (χ3v) is 5.28. The molecule has 1 nitrogen and oxygen atoms in total. The molecular weight excluding hydrogens is 428 g/mol. The molecule has 8 heteroatoms. The number of benzene rings is 2. The molecule has 0 saturated heterocycles. The second-order valence-electron chi connectivity index (χ2n) is 5.37. The maximum atomic E-state index is 13.5. The number of carbonyl (C=O) groups is 1. The van der Waals surface area contributed by atoms with E-state index in [1.807, 2.05) is 0 Å². The van der Waals surface area contributed by atoms with E-state index in [2.05, 4.69) is 0 Å². The number of carbonyl (C=O) groups excluding carboxylic acids is 1. The highest BCUT2D eigenvalue weighted by Crippen LogP contribution is 2.37. The van der Waals surface area contributed by atoms with E-state index in [1.54, 1.807) is 18.2 Å². The van der Waals surface area contributed by atoms with Gasteiger partial charge in [0, 0.05) is 19.8 Å². The van der Waals surface area contributed by atoms with Crippen LogP contribution in [0.2, 0.25) is 15.1 Å². The fourth-order valence-corrected chi connectivity index (χ4v) is 4.04. The van der Waals surface area contributed by atoms with Crippen molar-refractivity contribution in [1.29, 1.82) is 0 Å². The number of hydrogen-bond acceptors (Lipinski definition) is 2. The molecule has 0 aliphatic carbocycles. The van der Waals surface area contributed by atoms with E-state index in [4.69, 9.17) is 34.8 Å². The lowest BCUT2D eigenvalue weighted by atomic mass is 10.0. The van der Waals surface area contributed by atoms with E-state index in [1.165, 1.54) is 12.1 Å². The summed E-state index contributed by atoms with van der Waals surface area (Å²) >= 11 is 18.6. The lowest BCUT2D eigenvalue weighted by molar-refractivity contribution is -0.0689. The summed E-state index contributed by atoms with van der Waals surface area (Å²) < 4.78 is 41.2. The quantitative estimate of drug-likeness (QED) is 0.304. The first-order chi connectivity index (χ1) is 12.1. The van der Waals surface area contributed by atoms with Crippen LogP contribution < -0.4 is 0 Å². The molecule has 1 aromatic heterocycles. The molecule has 2 aromatic carbocycles. The number of ketones is 1. The molecule has 134 valence electrons. The maximum absolute atomic E-state index is 13.5. The first-order valence-electron chi connectivity index (χ1n) is 7.12. The molecule has 0 amide bonds. The lowest BCUT2D eigenvalue weighted by Gasteiger charge is -2.12. The Labute approximate surface area is 165 Å². The molecule has 0 saturated carbocycles. The SMILES string of the molecule is O=C(/C=C(/c1cc(Cl)cc(Cl)c1)C(F)(F)F)c1cc2cc(Cl)ccc2s1. The minimum absolute atomic E-state index is 0.0478. The zero-order valence-corrected chi connectivity index (χ0v) is 15.8. The van der Waals surface area contributed by atoms with Gasteiger partial charge in [-0.25, -0.2) is 0 Å². The van der Waals surface area contributed by atoms with Crippen LogP contribution in [0, 0.1) is 0 Å². The Morgan fingerprint density at radius 1 is 0.923 bits per heavy atom. The predicted octanol–water partition coefficient (Wildman–Crippen LogP) is 7.69. The second kappa shape index (κ2) is 7.24. The fraction of sp³-hybridized carbons (Fsp3) is 0.0556. The van der Waals surface area contributed by atoms with Crippen LogP contribution in [0.4, 0.5) is 13.2 Å². The molecule has 0 bridgehead atoms. The van der Waals surface area contributed by atoms with Crippen molar-refractivity contribution in [3.05, 3.63) is 74.0 Å². The molecule has 0 fully saturated rings. The Kier molecular flexibility index (Phi) is 5.35. The van der Waals surface area contributed by atoms with Crippen LogP contribution in [-0.4, -0.2) is 12.0 Å². The normalized spacial score (nSPS) is 12.6. The van der Waals surface area contributed by atoms with Gasteiger partial charge in [-0.1, -0.05) is 34.8 Å². The van der Waals surface area contributed by atoms with Gasteiger partial charge in [0.15, 0.2) is 5.78 Å². The Balaban J connectivity index is 2.07. The van der Waals surface area contributed by atoms with Gasteiger partial charge in [-0.05, 0) is 59.5 Å². The lowest BCUT2D eigenvalue weighted by Crippen LogP contribution is -2.12. The zero-order chi connectivity index (χ0) is 19.1. The number of thiophene rings is 1. The summed E-state index contributed by atoms with van der Waals surface area (Å²) in [7, 11) is 0. The van der Waals surface area contributed by atoms with Gasteiger partial charge in [0.2, 0.25) is 0 Å². The molecule has 3 aromatic rings. The smallest absolute Gasteiger partial charge is 0.288 e. The summed E-state index contributed by atoms with van der Waals surface area (Å²) in [5, 5.41) is 1.27. The Bertz CT molecular complexity index is 1020. The molecule has 0 radical (unpaired) electrons. The third-order valence-electron chi connectivity index (χ3n) is 3.48. The molecule has 0 atom stereocenters. The van der Waals surface area contributed by atoms with E-state index in [0.717, 1.165) is 28.2 Å². The molecular formula is C18H8Cl3F3OS. The van der Waals surface area contributed by atoms with E-state index in [-0.39, 0.29) is 20.5 Å². The van der Waals surface area contributed by atoms with Gasteiger partial charge in [-0.2, -0.15) is 13.2 Å². The molecule has 0 aliphatic rings. The fourth-order valence-electron chi connectivity index (χ4n) is 2.38. The average molecular weight is 436 g/mol. The largest absolute Gasteiger partial charge is 0.417 e. The van der Waals surface area contributed by atoms with Crippen molar-refractivity contribution < 1.29 is 18.0 Å².